The Balaban J connectivity index is 2.36. The van der Waals surface area contributed by atoms with E-state index in [1.54, 1.807) is 12.1 Å². The van der Waals surface area contributed by atoms with Crippen molar-refractivity contribution >= 4 is 11.6 Å². The smallest absolute Gasteiger partial charge is 0.439 e. The van der Waals surface area contributed by atoms with E-state index in [1.807, 2.05) is 19.1 Å². The summed E-state index contributed by atoms with van der Waals surface area (Å²) in [6.07, 6.45) is -3.99. The lowest BCUT2D eigenvalue weighted by atomic mass is 10.1. The van der Waals surface area contributed by atoms with E-state index < -0.39 is 12.0 Å². The minimum absolute atomic E-state index is 0.238. The Labute approximate surface area is 118 Å². The highest BCUT2D eigenvalue weighted by atomic mass is 35.5. The highest BCUT2D eigenvalue weighted by molar-refractivity contribution is 6.29. The van der Waals surface area contributed by atoms with Gasteiger partial charge in [0.1, 0.15) is 10.9 Å². The number of aryl methyl sites for hydroxylation is 1. The molecule has 0 atom stereocenters. The molecule has 0 amide bonds. The van der Waals surface area contributed by atoms with Crippen molar-refractivity contribution < 1.29 is 17.9 Å². The molecule has 7 heteroatoms. The molecule has 3 nitrogen and oxygen atoms in total. The summed E-state index contributed by atoms with van der Waals surface area (Å²) in [7, 11) is 0. The van der Waals surface area contributed by atoms with Crippen LogP contribution < -0.4 is 4.74 Å². The van der Waals surface area contributed by atoms with Crippen molar-refractivity contribution in [2.24, 2.45) is 0 Å². The van der Waals surface area contributed by atoms with Crippen LogP contribution in [-0.4, -0.2) is 9.97 Å². The quantitative estimate of drug-likeness (QED) is 0.783. The first-order valence-corrected chi connectivity index (χ1v) is 6.15. The third kappa shape index (κ3) is 3.39. The summed E-state index contributed by atoms with van der Waals surface area (Å²) < 4.78 is 43.2. The highest BCUT2D eigenvalue weighted by Gasteiger charge is 2.35. The Morgan fingerprint density at radius 3 is 2.55 bits per heavy atom. The summed E-state index contributed by atoms with van der Waals surface area (Å²) in [5, 5.41) is -0.323. The molecule has 1 heterocycles. The van der Waals surface area contributed by atoms with Gasteiger partial charge in [0.2, 0.25) is 11.7 Å². The van der Waals surface area contributed by atoms with Crippen LogP contribution in [0.1, 0.15) is 18.3 Å². The molecule has 0 unspecified atom stereocenters. The van der Waals surface area contributed by atoms with Crippen LogP contribution in [0.5, 0.6) is 11.6 Å². The van der Waals surface area contributed by atoms with Crippen molar-refractivity contribution in [2.45, 2.75) is 19.5 Å². The number of rotatable bonds is 3. The number of nitrogens with zero attached hydrogens (tertiary/aromatic N) is 2. The largest absolute Gasteiger partial charge is 0.451 e. The summed E-state index contributed by atoms with van der Waals surface area (Å²) in [4.78, 5) is 6.47. The van der Waals surface area contributed by atoms with Crippen LogP contribution in [0.2, 0.25) is 5.15 Å². The fourth-order valence-electron chi connectivity index (χ4n) is 1.58. The van der Waals surface area contributed by atoms with Crippen molar-refractivity contribution in [3.8, 4) is 11.6 Å². The van der Waals surface area contributed by atoms with Gasteiger partial charge in [-0.05, 0) is 18.1 Å². The number of benzene rings is 1. The molecule has 0 spiro atoms. The molecule has 0 radical (unpaired) electrons. The Kier molecular flexibility index (Phi) is 4.13. The molecule has 1 aromatic carbocycles. The molecule has 2 aromatic rings. The van der Waals surface area contributed by atoms with E-state index in [0.29, 0.717) is 12.2 Å². The maximum absolute atomic E-state index is 12.6. The fraction of sp³-hybridized carbons (Fsp3) is 0.231. The number of aromatic nitrogens is 2. The molecule has 106 valence electrons. The minimum atomic E-state index is -4.67. The van der Waals surface area contributed by atoms with Crippen LogP contribution >= 0.6 is 11.6 Å². The van der Waals surface area contributed by atoms with Crippen LogP contribution in [0, 0.1) is 0 Å². The van der Waals surface area contributed by atoms with E-state index in [1.165, 1.54) is 0 Å². The van der Waals surface area contributed by atoms with E-state index in [0.717, 1.165) is 11.6 Å². The maximum atomic E-state index is 12.6. The van der Waals surface area contributed by atoms with Crippen LogP contribution in [0.25, 0.3) is 0 Å². The Bertz CT molecular complexity index is 617. The first kappa shape index (κ1) is 14.6. The van der Waals surface area contributed by atoms with Gasteiger partial charge in [-0.2, -0.15) is 18.2 Å². The molecular formula is C13H10ClF3N2O. The first-order valence-electron chi connectivity index (χ1n) is 5.77. The molecule has 20 heavy (non-hydrogen) atoms. The predicted octanol–water partition coefficient (Wildman–Crippen LogP) is 4.50. The average Bonchev–Trinajstić information content (AvgIpc) is 2.37. The number of para-hydroxylation sites is 1. The van der Waals surface area contributed by atoms with Crippen molar-refractivity contribution in [3.05, 3.63) is 46.9 Å². The average molecular weight is 303 g/mol. The third-order valence-electron chi connectivity index (χ3n) is 2.49. The molecule has 0 aliphatic heterocycles. The SMILES string of the molecule is CCc1ccccc1Oc1cc(Cl)nc(C(F)(F)F)n1. The van der Waals surface area contributed by atoms with Crippen LogP contribution in [-0.2, 0) is 12.6 Å². The van der Waals surface area contributed by atoms with Gasteiger partial charge in [-0.3, -0.25) is 0 Å². The normalized spacial score (nSPS) is 11.4. The monoisotopic (exact) mass is 302 g/mol. The second-order valence-electron chi connectivity index (χ2n) is 3.91. The Morgan fingerprint density at radius 1 is 1.20 bits per heavy atom. The van der Waals surface area contributed by atoms with Gasteiger partial charge in [0, 0.05) is 6.07 Å². The number of alkyl halides is 3. The minimum Gasteiger partial charge on any atom is -0.439 e. The predicted molar refractivity (Wildman–Crippen MR) is 67.9 cm³/mol. The lowest BCUT2D eigenvalue weighted by Crippen LogP contribution is -2.11. The zero-order valence-corrected chi connectivity index (χ0v) is 11.2. The van der Waals surface area contributed by atoms with Crippen molar-refractivity contribution in [3.63, 3.8) is 0 Å². The van der Waals surface area contributed by atoms with E-state index >= 15 is 0 Å². The van der Waals surface area contributed by atoms with Crippen LogP contribution in [0.15, 0.2) is 30.3 Å². The van der Waals surface area contributed by atoms with Gasteiger partial charge in [0.15, 0.2) is 0 Å². The molecule has 0 aliphatic rings. The van der Waals surface area contributed by atoms with Gasteiger partial charge in [0.25, 0.3) is 0 Å². The molecule has 0 N–H and O–H groups in total. The zero-order chi connectivity index (χ0) is 14.8. The van der Waals surface area contributed by atoms with E-state index in [4.69, 9.17) is 16.3 Å². The molecule has 0 saturated heterocycles. The van der Waals surface area contributed by atoms with Crippen LogP contribution in [0.4, 0.5) is 13.2 Å². The van der Waals surface area contributed by atoms with E-state index in [-0.39, 0.29) is 11.0 Å². The summed E-state index contributed by atoms with van der Waals surface area (Å²) in [6, 6.07) is 8.16. The standard InChI is InChI=1S/C13H10ClF3N2O/c1-2-8-5-3-4-6-9(8)20-11-7-10(14)18-12(19-11)13(15,16)17/h3-7H,2H2,1H3. The Hall–Kier alpha value is -1.82. The van der Waals surface area contributed by atoms with E-state index in [2.05, 4.69) is 9.97 Å². The molecule has 0 bridgehead atoms. The summed E-state index contributed by atoms with van der Waals surface area (Å²) >= 11 is 5.56. The molecular weight excluding hydrogens is 293 g/mol. The third-order valence-corrected chi connectivity index (χ3v) is 2.69. The number of halogens is 4. The molecule has 0 saturated carbocycles. The van der Waals surface area contributed by atoms with Crippen molar-refractivity contribution in [2.75, 3.05) is 0 Å². The lowest BCUT2D eigenvalue weighted by Gasteiger charge is -2.11. The van der Waals surface area contributed by atoms with Gasteiger partial charge in [-0.15, -0.1) is 0 Å². The molecule has 2 rings (SSSR count). The second kappa shape index (κ2) is 5.66. The Morgan fingerprint density at radius 2 is 1.90 bits per heavy atom. The number of ether oxygens (including phenoxy) is 1. The number of hydrogen-bond acceptors (Lipinski definition) is 3. The maximum Gasteiger partial charge on any atom is 0.451 e. The second-order valence-corrected chi connectivity index (χ2v) is 4.30. The fourth-order valence-corrected chi connectivity index (χ4v) is 1.76. The van der Waals surface area contributed by atoms with Gasteiger partial charge in [0.05, 0.1) is 0 Å². The van der Waals surface area contributed by atoms with Gasteiger partial charge in [-0.1, -0.05) is 36.7 Å². The van der Waals surface area contributed by atoms with Crippen molar-refractivity contribution in [1.29, 1.82) is 0 Å². The molecule has 0 aliphatic carbocycles. The summed E-state index contributed by atoms with van der Waals surface area (Å²) in [6.45, 7) is 1.91. The summed E-state index contributed by atoms with van der Waals surface area (Å²) in [5.41, 5.74) is 0.857. The van der Waals surface area contributed by atoms with E-state index in [9.17, 15) is 13.2 Å². The van der Waals surface area contributed by atoms with Gasteiger partial charge >= 0.3 is 6.18 Å². The summed E-state index contributed by atoms with van der Waals surface area (Å²) in [5.74, 6) is -1.12. The number of hydrogen-bond donors (Lipinski definition) is 0. The lowest BCUT2D eigenvalue weighted by molar-refractivity contribution is -0.145. The highest BCUT2D eigenvalue weighted by Crippen LogP contribution is 2.31. The van der Waals surface area contributed by atoms with Gasteiger partial charge < -0.3 is 4.74 Å². The van der Waals surface area contributed by atoms with Crippen molar-refractivity contribution in [1.82, 2.24) is 9.97 Å². The van der Waals surface area contributed by atoms with Gasteiger partial charge in [-0.25, -0.2) is 4.98 Å². The zero-order valence-electron chi connectivity index (χ0n) is 10.4. The molecule has 1 aromatic heterocycles. The molecule has 0 fully saturated rings. The first-order chi connectivity index (χ1) is 9.40. The van der Waals surface area contributed by atoms with Crippen LogP contribution in [0.3, 0.4) is 0 Å². The topological polar surface area (TPSA) is 35.0 Å².